The summed E-state index contributed by atoms with van der Waals surface area (Å²) in [6.45, 7) is 9.65. The number of hydrogen-bond donors (Lipinski definition) is 1. The summed E-state index contributed by atoms with van der Waals surface area (Å²) in [6.07, 6.45) is 0. The summed E-state index contributed by atoms with van der Waals surface area (Å²) in [4.78, 5) is 6.87. The van der Waals surface area contributed by atoms with Gasteiger partial charge in [0.2, 0.25) is 5.89 Å². The van der Waals surface area contributed by atoms with E-state index in [1.165, 1.54) is 13.1 Å². The van der Waals surface area contributed by atoms with Crippen molar-refractivity contribution in [3.05, 3.63) is 11.7 Å². The predicted octanol–water partition coefficient (Wildman–Crippen LogP) is 1.27. The zero-order chi connectivity index (χ0) is 11.8. The fourth-order valence-electron chi connectivity index (χ4n) is 2.84. The summed E-state index contributed by atoms with van der Waals surface area (Å²) in [5, 5.41) is 7.45. The van der Waals surface area contributed by atoms with Crippen LogP contribution in [0.5, 0.6) is 0 Å². The van der Waals surface area contributed by atoms with Crippen molar-refractivity contribution in [2.24, 2.45) is 11.8 Å². The van der Waals surface area contributed by atoms with Gasteiger partial charge in [0.05, 0.1) is 6.54 Å². The number of fused-ring (bicyclic) bond motifs is 1. The molecule has 0 bridgehead atoms. The molecule has 0 aromatic carbocycles. The average molecular weight is 273 g/mol. The molecule has 1 aromatic heterocycles. The molecule has 2 fully saturated rings. The number of aromatic nitrogens is 2. The van der Waals surface area contributed by atoms with Crippen molar-refractivity contribution in [3.8, 4) is 0 Å². The van der Waals surface area contributed by atoms with Crippen LogP contribution in [0.4, 0.5) is 0 Å². The van der Waals surface area contributed by atoms with E-state index in [2.05, 4.69) is 34.2 Å². The van der Waals surface area contributed by atoms with Crippen LogP contribution in [0.3, 0.4) is 0 Å². The fourth-order valence-corrected chi connectivity index (χ4v) is 2.84. The standard InChI is InChI=1S/C12H20N4O.ClH/c1-8(2)12-14-11(17-15-12)7-16-5-9-3-13-4-10(9)6-16;/h8-10,13H,3-7H2,1-2H3;1H/t9-,10+;. The maximum atomic E-state index is 5.29. The lowest BCUT2D eigenvalue weighted by Gasteiger charge is -2.13. The van der Waals surface area contributed by atoms with E-state index in [4.69, 9.17) is 4.52 Å². The molecule has 5 nitrogen and oxygen atoms in total. The maximum Gasteiger partial charge on any atom is 0.240 e. The Morgan fingerprint density at radius 2 is 2.00 bits per heavy atom. The second kappa shape index (κ2) is 5.55. The Morgan fingerprint density at radius 3 is 2.56 bits per heavy atom. The third-order valence-electron chi connectivity index (χ3n) is 3.82. The fraction of sp³-hybridized carbons (Fsp3) is 0.833. The highest BCUT2D eigenvalue weighted by Gasteiger charge is 2.36. The Kier molecular flexibility index (Phi) is 4.25. The molecule has 2 aliphatic rings. The molecule has 0 amide bonds. The summed E-state index contributed by atoms with van der Waals surface area (Å²) in [7, 11) is 0. The van der Waals surface area contributed by atoms with Crippen LogP contribution in [0.25, 0.3) is 0 Å². The van der Waals surface area contributed by atoms with Gasteiger partial charge in [-0.3, -0.25) is 4.90 Å². The Bertz CT molecular complexity index is 383. The second-order valence-electron chi connectivity index (χ2n) is 5.57. The molecule has 0 radical (unpaired) electrons. The largest absolute Gasteiger partial charge is 0.338 e. The Balaban J connectivity index is 0.00000120. The average Bonchev–Trinajstić information content (AvgIpc) is 2.91. The van der Waals surface area contributed by atoms with Gasteiger partial charge in [-0.05, 0) is 24.9 Å². The van der Waals surface area contributed by atoms with Crippen LogP contribution in [0, 0.1) is 11.8 Å². The maximum absolute atomic E-state index is 5.29. The van der Waals surface area contributed by atoms with Crippen LogP contribution in [0.2, 0.25) is 0 Å². The number of likely N-dealkylation sites (tertiary alicyclic amines) is 1. The molecule has 0 aliphatic carbocycles. The molecule has 6 heteroatoms. The van der Waals surface area contributed by atoms with Crippen molar-refractivity contribution in [2.75, 3.05) is 26.2 Å². The van der Waals surface area contributed by atoms with Gasteiger partial charge >= 0.3 is 0 Å². The summed E-state index contributed by atoms with van der Waals surface area (Å²) in [5.74, 6) is 3.57. The molecule has 1 aromatic rings. The topological polar surface area (TPSA) is 54.2 Å². The van der Waals surface area contributed by atoms with Crippen LogP contribution in [-0.2, 0) is 6.54 Å². The van der Waals surface area contributed by atoms with E-state index in [0.717, 1.165) is 43.2 Å². The van der Waals surface area contributed by atoms with E-state index in [-0.39, 0.29) is 12.4 Å². The lowest BCUT2D eigenvalue weighted by Crippen LogP contribution is -2.25. The number of hydrogen-bond acceptors (Lipinski definition) is 5. The van der Waals surface area contributed by atoms with Crippen LogP contribution in [-0.4, -0.2) is 41.2 Å². The molecule has 3 rings (SSSR count). The van der Waals surface area contributed by atoms with Gasteiger partial charge in [-0.2, -0.15) is 4.98 Å². The van der Waals surface area contributed by atoms with E-state index in [1.807, 2.05) is 0 Å². The minimum Gasteiger partial charge on any atom is -0.338 e. The van der Waals surface area contributed by atoms with Crippen molar-refractivity contribution in [3.63, 3.8) is 0 Å². The third-order valence-corrected chi connectivity index (χ3v) is 3.82. The number of nitrogens with zero attached hydrogens (tertiary/aromatic N) is 3. The van der Waals surface area contributed by atoms with Crippen LogP contribution >= 0.6 is 12.4 Å². The molecule has 2 atom stereocenters. The number of rotatable bonds is 3. The summed E-state index contributed by atoms with van der Waals surface area (Å²) >= 11 is 0. The molecule has 2 saturated heterocycles. The first-order valence-electron chi connectivity index (χ1n) is 6.48. The molecule has 0 unspecified atom stereocenters. The molecule has 3 heterocycles. The van der Waals surface area contributed by atoms with Crippen LogP contribution in [0.1, 0.15) is 31.5 Å². The van der Waals surface area contributed by atoms with Gasteiger partial charge in [0.15, 0.2) is 5.82 Å². The SMILES string of the molecule is CC(C)c1noc(CN2C[C@H]3CNC[C@H]3C2)n1.Cl. The molecular weight excluding hydrogens is 252 g/mol. The van der Waals surface area contributed by atoms with Crippen molar-refractivity contribution in [1.29, 1.82) is 0 Å². The highest BCUT2D eigenvalue weighted by molar-refractivity contribution is 5.85. The van der Waals surface area contributed by atoms with Crippen molar-refractivity contribution in [2.45, 2.75) is 26.3 Å². The zero-order valence-electron chi connectivity index (χ0n) is 10.9. The lowest BCUT2D eigenvalue weighted by molar-refractivity contribution is 0.253. The molecular formula is C12H21ClN4O. The molecule has 102 valence electrons. The normalized spacial score (nSPS) is 27.5. The first-order valence-corrected chi connectivity index (χ1v) is 6.48. The number of halogens is 1. The van der Waals surface area contributed by atoms with E-state index in [0.29, 0.717) is 5.92 Å². The lowest BCUT2D eigenvalue weighted by atomic mass is 10.0. The zero-order valence-corrected chi connectivity index (χ0v) is 11.7. The van der Waals surface area contributed by atoms with E-state index < -0.39 is 0 Å². The smallest absolute Gasteiger partial charge is 0.240 e. The van der Waals surface area contributed by atoms with Crippen LogP contribution < -0.4 is 5.32 Å². The van der Waals surface area contributed by atoms with Gasteiger partial charge in [-0.1, -0.05) is 19.0 Å². The molecule has 2 aliphatic heterocycles. The molecule has 18 heavy (non-hydrogen) atoms. The van der Waals surface area contributed by atoms with E-state index >= 15 is 0 Å². The Hall–Kier alpha value is -0.650. The van der Waals surface area contributed by atoms with Gasteiger partial charge < -0.3 is 9.84 Å². The number of nitrogens with one attached hydrogen (secondary N) is 1. The summed E-state index contributed by atoms with van der Waals surface area (Å²) in [5.41, 5.74) is 0. The van der Waals surface area contributed by atoms with Crippen molar-refractivity contribution in [1.82, 2.24) is 20.4 Å². The predicted molar refractivity (Wildman–Crippen MR) is 70.8 cm³/mol. The molecule has 0 saturated carbocycles. The molecule has 1 N–H and O–H groups in total. The van der Waals surface area contributed by atoms with Gasteiger partial charge in [-0.15, -0.1) is 12.4 Å². The quantitative estimate of drug-likeness (QED) is 0.898. The minimum atomic E-state index is 0. The van der Waals surface area contributed by atoms with Gasteiger partial charge in [0.1, 0.15) is 0 Å². The highest BCUT2D eigenvalue weighted by Crippen LogP contribution is 2.27. The first-order chi connectivity index (χ1) is 8.22. The summed E-state index contributed by atoms with van der Waals surface area (Å²) < 4.78 is 5.29. The molecule has 0 spiro atoms. The minimum absolute atomic E-state index is 0. The van der Waals surface area contributed by atoms with Crippen molar-refractivity contribution >= 4 is 12.4 Å². The van der Waals surface area contributed by atoms with E-state index in [1.54, 1.807) is 0 Å². The highest BCUT2D eigenvalue weighted by atomic mass is 35.5. The van der Waals surface area contributed by atoms with Crippen molar-refractivity contribution < 1.29 is 4.52 Å². The monoisotopic (exact) mass is 272 g/mol. The first kappa shape index (κ1) is 13.8. The van der Waals surface area contributed by atoms with E-state index in [9.17, 15) is 0 Å². The second-order valence-corrected chi connectivity index (χ2v) is 5.57. The Labute approximate surface area is 114 Å². The third kappa shape index (κ3) is 2.68. The Morgan fingerprint density at radius 1 is 1.33 bits per heavy atom. The van der Waals surface area contributed by atoms with Gasteiger partial charge in [0.25, 0.3) is 0 Å². The van der Waals surface area contributed by atoms with Crippen LogP contribution in [0.15, 0.2) is 4.52 Å². The summed E-state index contributed by atoms with van der Waals surface area (Å²) in [6, 6.07) is 0. The van der Waals surface area contributed by atoms with Gasteiger partial charge in [0, 0.05) is 19.0 Å². The van der Waals surface area contributed by atoms with Gasteiger partial charge in [-0.25, -0.2) is 0 Å².